The van der Waals surface area contributed by atoms with Gasteiger partial charge >= 0.3 is 17.9 Å². The smallest absolute Gasteiger partial charge is 0.306 e. The second-order valence-corrected chi connectivity index (χ2v) is 21.3. The molecule has 0 aromatic carbocycles. The normalized spacial score (nSPS) is 13.0. The fraction of sp³-hybridized carbons (Fsp3) is 0.658. The summed E-state index contributed by atoms with van der Waals surface area (Å²) in [5, 5.41) is 0. The van der Waals surface area contributed by atoms with Crippen molar-refractivity contribution in [1.29, 1.82) is 0 Å². The molecule has 0 aliphatic carbocycles. The molecule has 0 saturated heterocycles. The van der Waals surface area contributed by atoms with Crippen molar-refractivity contribution in [2.24, 2.45) is 0 Å². The minimum Gasteiger partial charge on any atom is -0.462 e. The van der Waals surface area contributed by atoms with Crippen LogP contribution in [-0.4, -0.2) is 37.2 Å². The fourth-order valence-electron chi connectivity index (χ4n) is 8.72. The van der Waals surface area contributed by atoms with Gasteiger partial charge in [-0.05, 0) is 141 Å². The zero-order valence-electron chi connectivity index (χ0n) is 51.3. The quantitative estimate of drug-likeness (QED) is 0.0261. The lowest BCUT2D eigenvalue weighted by Crippen LogP contribution is -2.30. The number of ether oxygens (including phenoxy) is 3. The number of esters is 3. The van der Waals surface area contributed by atoms with Crippen molar-refractivity contribution in [3.05, 3.63) is 134 Å². The molecule has 0 heterocycles. The molecule has 0 saturated carbocycles. The zero-order valence-corrected chi connectivity index (χ0v) is 51.3. The first-order chi connectivity index (χ1) is 39.0. The summed E-state index contributed by atoms with van der Waals surface area (Å²) in [6, 6.07) is 0. The van der Waals surface area contributed by atoms with Crippen LogP contribution in [0.1, 0.15) is 290 Å². The molecule has 6 heteroatoms. The lowest BCUT2D eigenvalue weighted by molar-refractivity contribution is -0.167. The van der Waals surface area contributed by atoms with Gasteiger partial charge in [-0.2, -0.15) is 0 Å². The summed E-state index contributed by atoms with van der Waals surface area (Å²) in [4.78, 5) is 38.4. The molecule has 0 N–H and O–H groups in total. The molecule has 448 valence electrons. The molecule has 0 aromatic heterocycles. The second kappa shape index (κ2) is 66.1. The second-order valence-electron chi connectivity index (χ2n) is 21.3. The first-order valence-electron chi connectivity index (χ1n) is 32.7. The molecule has 0 fully saturated rings. The molecule has 6 nitrogen and oxygen atoms in total. The van der Waals surface area contributed by atoms with Crippen LogP contribution in [0, 0.1) is 0 Å². The number of allylic oxidation sites excluding steroid dienone is 22. The molecule has 0 spiro atoms. The van der Waals surface area contributed by atoms with Crippen molar-refractivity contribution in [2.45, 2.75) is 297 Å². The van der Waals surface area contributed by atoms with Crippen molar-refractivity contribution in [3.63, 3.8) is 0 Å². The maximum absolute atomic E-state index is 12.9. The van der Waals surface area contributed by atoms with Gasteiger partial charge in [0, 0.05) is 19.3 Å². The largest absolute Gasteiger partial charge is 0.462 e. The van der Waals surface area contributed by atoms with Crippen LogP contribution in [0.3, 0.4) is 0 Å². The predicted octanol–water partition coefficient (Wildman–Crippen LogP) is 22.5. The predicted molar refractivity (Wildman–Crippen MR) is 343 cm³/mol. The van der Waals surface area contributed by atoms with Gasteiger partial charge in [-0.25, -0.2) is 0 Å². The van der Waals surface area contributed by atoms with Crippen LogP contribution < -0.4 is 0 Å². The van der Waals surface area contributed by atoms with Crippen molar-refractivity contribution >= 4 is 17.9 Å². The van der Waals surface area contributed by atoms with Crippen LogP contribution in [0.25, 0.3) is 0 Å². The third kappa shape index (κ3) is 64.3. The van der Waals surface area contributed by atoms with Gasteiger partial charge in [0.1, 0.15) is 13.2 Å². The third-order valence-electron chi connectivity index (χ3n) is 13.6. The van der Waals surface area contributed by atoms with Gasteiger partial charge in [0.25, 0.3) is 0 Å². The molecule has 1 atom stereocenters. The Kier molecular flexibility index (Phi) is 62.3. The molecular formula is C73H120O6. The van der Waals surface area contributed by atoms with Crippen molar-refractivity contribution < 1.29 is 28.6 Å². The Hall–Kier alpha value is -4.45. The number of hydrogen-bond acceptors (Lipinski definition) is 6. The summed E-state index contributed by atoms with van der Waals surface area (Å²) in [7, 11) is 0. The number of unbranched alkanes of at least 4 members (excludes halogenated alkanes) is 25. The molecule has 0 aliphatic rings. The van der Waals surface area contributed by atoms with Gasteiger partial charge in [-0.1, -0.05) is 264 Å². The lowest BCUT2D eigenvalue weighted by atomic mass is 10.1. The first kappa shape index (κ1) is 74.5. The summed E-state index contributed by atoms with van der Waals surface area (Å²) in [5.74, 6) is -0.942. The maximum Gasteiger partial charge on any atom is 0.306 e. The molecule has 0 bridgehead atoms. The molecular weight excluding hydrogens is 973 g/mol. The molecule has 1 unspecified atom stereocenters. The maximum atomic E-state index is 12.9. The van der Waals surface area contributed by atoms with Gasteiger partial charge in [0.2, 0.25) is 0 Å². The van der Waals surface area contributed by atoms with E-state index >= 15 is 0 Å². The Morgan fingerprint density at radius 3 is 0.797 bits per heavy atom. The topological polar surface area (TPSA) is 78.9 Å². The van der Waals surface area contributed by atoms with E-state index in [4.69, 9.17) is 14.2 Å². The van der Waals surface area contributed by atoms with E-state index in [0.29, 0.717) is 19.3 Å². The van der Waals surface area contributed by atoms with Gasteiger partial charge < -0.3 is 14.2 Å². The van der Waals surface area contributed by atoms with Crippen molar-refractivity contribution in [1.82, 2.24) is 0 Å². The molecule has 0 aromatic rings. The summed E-state index contributed by atoms with van der Waals surface area (Å²) in [6.07, 6.45) is 93.0. The van der Waals surface area contributed by atoms with E-state index < -0.39 is 6.10 Å². The van der Waals surface area contributed by atoms with E-state index in [-0.39, 0.29) is 31.1 Å². The van der Waals surface area contributed by atoms with Gasteiger partial charge in [-0.15, -0.1) is 0 Å². The number of hydrogen-bond donors (Lipinski definition) is 0. The number of carbonyl (C=O) groups is 3. The van der Waals surface area contributed by atoms with Crippen LogP contribution in [0.15, 0.2) is 134 Å². The summed E-state index contributed by atoms with van der Waals surface area (Å²) >= 11 is 0. The summed E-state index contributed by atoms with van der Waals surface area (Å²) < 4.78 is 16.9. The fourth-order valence-corrected chi connectivity index (χ4v) is 8.72. The molecule has 0 rings (SSSR count). The minimum absolute atomic E-state index is 0.0997. The van der Waals surface area contributed by atoms with Crippen LogP contribution in [0.5, 0.6) is 0 Å². The van der Waals surface area contributed by atoms with Gasteiger partial charge in [0.15, 0.2) is 6.10 Å². The third-order valence-corrected chi connectivity index (χ3v) is 13.6. The standard InChI is InChI=1S/C73H120O6/c1-4-7-10-13-16-19-22-25-28-31-33-35-36-38-39-42-45-48-51-54-57-60-63-66-72(75)78-69-70(68-77-71(74)65-62-59-56-53-50-47-44-41-30-27-24-21-18-15-12-9-6-3)79-73(76)67-64-61-58-55-52-49-46-43-40-37-34-32-29-26-23-20-17-14-11-8-5-2/h7,10,16,18-19,21,23,25-28,30,32-35,38-40,43,45,48,70H,4-6,8-9,11-15,17,20,22,24,29,31,36-37,41-42,44,46-47,49-69H2,1-3H3/b10-7-,19-16-,21-18-,26-23-,28-25-,30-27-,34-32-,35-33-,39-38-,43-40-,48-45-. The van der Waals surface area contributed by atoms with E-state index in [0.717, 1.165) is 148 Å². The molecule has 0 aliphatic heterocycles. The average Bonchev–Trinajstić information content (AvgIpc) is 3.45. The highest BCUT2D eigenvalue weighted by Gasteiger charge is 2.19. The Morgan fingerprint density at radius 1 is 0.266 bits per heavy atom. The number of rotatable bonds is 58. The highest BCUT2D eigenvalue weighted by Crippen LogP contribution is 2.14. The van der Waals surface area contributed by atoms with Gasteiger partial charge in [-0.3, -0.25) is 14.4 Å². The van der Waals surface area contributed by atoms with E-state index in [1.165, 1.54) is 103 Å². The Morgan fingerprint density at radius 2 is 0.494 bits per heavy atom. The summed E-state index contributed by atoms with van der Waals surface area (Å²) in [6.45, 7) is 6.46. The van der Waals surface area contributed by atoms with E-state index in [2.05, 4.69) is 154 Å². The van der Waals surface area contributed by atoms with Crippen LogP contribution in [-0.2, 0) is 28.6 Å². The van der Waals surface area contributed by atoms with Crippen LogP contribution >= 0.6 is 0 Å². The first-order valence-corrected chi connectivity index (χ1v) is 32.7. The number of carbonyl (C=O) groups excluding carboxylic acids is 3. The van der Waals surface area contributed by atoms with Crippen LogP contribution in [0.2, 0.25) is 0 Å². The van der Waals surface area contributed by atoms with E-state index in [1.807, 2.05) is 0 Å². The van der Waals surface area contributed by atoms with Crippen molar-refractivity contribution in [2.75, 3.05) is 13.2 Å². The zero-order chi connectivity index (χ0) is 57.1. The molecule has 0 amide bonds. The molecule has 79 heavy (non-hydrogen) atoms. The highest BCUT2D eigenvalue weighted by molar-refractivity contribution is 5.71. The van der Waals surface area contributed by atoms with E-state index in [9.17, 15) is 14.4 Å². The Bertz CT molecular complexity index is 1680. The Labute approximate surface area is 487 Å². The van der Waals surface area contributed by atoms with Crippen molar-refractivity contribution in [3.8, 4) is 0 Å². The molecule has 0 radical (unpaired) electrons. The average molecular weight is 1090 g/mol. The van der Waals surface area contributed by atoms with E-state index in [1.54, 1.807) is 0 Å². The SMILES string of the molecule is CC/C=C\C/C=C\C/C=C\C/C=C\C/C=C\C/C=C\CCCCCCC(=O)OCC(COC(=O)CCCCCCCCC/C=C\C/C=C\CCCCC)OC(=O)CCCCCCCC/C=C\C/C=C\C/C=C\CCCCCCC. The van der Waals surface area contributed by atoms with Crippen LogP contribution in [0.4, 0.5) is 0 Å². The highest BCUT2D eigenvalue weighted by atomic mass is 16.6. The lowest BCUT2D eigenvalue weighted by Gasteiger charge is -2.18. The Balaban J connectivity index is 4.50. The monoisotopic (exact) mass is 1090 g/mol. The summed E-state index contributed by atoms with van der Waals surface area (Å²) in [5.41, 5.74) is 0. The van der Waals surface area contributed by atoms with Gasteiger partial charge in [0.05, 0.1) is 0 Å². The minimum atomic E-state index is -0.807.